The Kier molecular flexibility index (Phi) is 3.35. The highest BCUT2D eigenvalue weighted by Gasteiger charge is 1.95. The van der Waals surface area contributed by atoms with Crippen molar-refractivity contribution in [2.75, 3.05) is 0 Å². The smallest absolute Gasteiger partial charge is 0.120 e. The van der Waals surface area contributed by atoms with Crippen LogP contribution in [0.3, 0.4) is 0 Å². The summed E-state index contributed by atoms with van der Waals surface area (Å²) in [5.41, 5.74) is 1.27. The number of carbonyl (C=O) groups excluding carboxylic acids is 1. The maximum Gasteiger partial charge on any atom is 0.120 e. The Balaban J connectivity index is 2.96. The topological polar surface area (TPSA) is 56.6 Å². The lowest BCUT2D eigenvalue weighted by Crippen LogP contribution is -1.93. The van der Waals surface area contributed by atoms with E-state index in [0.29, 0.717) is 23.0 Å². The maximum atomic E-state index is 10.1. The first-order valence-electron chi connectivity index (χ1n) is 3.83. The highest BCUT2D eigenvalue weighted by Crippen LogP contribution is 2.02. The van der Waals surface area contributed by atoms with E-state index < -0.39 is 0 Å². The third-order valence-electron chi connectivity index (χ3n) is 1.55. The minimum atomic E-state index is 0.438. The first kappa shape index (κ1) is 9.62. The second-order valence-corrected chi connectivity index (χ2v) is 3.04. The molecule has 0 saturated heterocycles. The van der Waals surface area contributed by atoms with Crippen molar-refractivity contribution in [1.29, 1.82) is 5.26 Å². The molecule has 1 rings (SSSR count). The molecule has 66 valence electrons. The van der Waals surface area contributed by atoms with Gasteiger partial charge in [0.1, 0.15) is 18.0 Å². The van der Waals surface area contributed by atoms with E-state index in [1.54, 1.807) is 12.1 Å². The molecule has 0 aliphatic heterocycles. The number of hydrogen-bond donors (Lipinski definition) is 1. The van der Waals surface area contributed by atoms with Crippen molar-refractivity contribution >= 4 is 18.5 Å². The Morgan fingerprint density at radius 2 is 2.38 bits per heavy atom. The Morgan fingerprint density at radius 1 is 1.62 bits per heavy atom. The lowest BCUT2D eigenvalue weighted by molar-refractivity contribution is -0.107. The van der Waals surface area contributed by atoms with Gasteiger partial charge < -0.3 is 9.78 Å². The average Bonchev–Trinajstić information content (AvgIpc) is 2.14. The van der Waals surface area contributed by atoms with Crippen LogP contribution in [0.15, 0.2) is 12.1 Å². The zero-order valence-electron chi connectivity index (χ0n) is 6.91. The molecular formula is C9H8N2OS. The van der Waals surface area contributed by atoms with Crippen molar-refractivity contribution in [3.63, 3.8) is 0 Å². The predicted octanol–water partition coefficient (Wildman–Crippen LogP) is 1.75. The molecule has 0 aromatic carbocycles. The minimum absolute atomic E-state index is 0.438. The number of pyridine rings is 1. The SMILES string of the molecule is N#Cc1cc(=S)cc(CCC=O)[nH]1. The number of rotatable bonds is 3. The summed E-state index contributed by atoms with van der Waals surface area (Å²) in [4.78, 5) is 13.0. The molecular weight excluding hydrogens is 184 g/mol. The molecule has 0 amide bonds. The van der Waals surface area contributed by atoms with Crippen LogP contribution in [0.25, 0.3) is 0 Å². The molecule has 1 N–H and O–H groups in total. The summed E-state index contributed by atoms with van der Waals surface area (Å²) in [5.74, 6) is 0. The van der Waals surface area contributed by atoms with Gasteiger partial charge in [-0.2, -0.15) is 5.26 Å². The van der Waals surface area contributed by atoms with Crippen LogP contribution in [-0.4, -0.2) is 11.3 Å². The number of hydrogen-bond acceptors (Lipinski definition) is 3. The number of aldehydes is 1. The number of aryl methyl sites for hydroxylation is 1. The lowest BCUT2D eigenvalue weighted by Gasteiger charge is -1.98. The predicted molar refractivity (Wildman–Crippen MR) is 50.7 cm³/mol. The number of nitrogens with one attached hydrogen (secondary N) is 1. The number of nitrogens with zero attached hydrogens (tertiary/aromatic N) is 1. The summed E-state index contributed by atoms with van der Waals surface area (Å²) in [6.45, 7) is 0. The molecule has 0 bridgehead atoms. The Bertz CT molecular complexity index is 403. The minimum Gasteiger partial charge on any atom is -0.350 e. The van der Waals surface area contributed by atoms with E-state index in [1.807, 2.05) is 6.07 Å². The largest absolute Gasteiger partial charge is 0.350 e. The second-order valence-electron chi connectivity index (χ2n) is 2.57. The van der Waals surface area contributed by atoms with Gasteiger partial charge >= 0.3 is 0 Å². The molecule has 0 spiro atoms. The van der Waals surface area contributed by atoms with Gasteiger partial charge in [-0.3, -0.25) is 0 Å². The summed E-state index contributed by atoms with van der Waals surface area (Å²) < 4.78 is 0.621. The molecule has 4 heteroatoms. The van der Waals surface area contributed by atoms with Crippen LogP contribution in [-0.2, 0) is 11.2 Å². The van der Waals surface area contributed by atoms with Crippen molar-refractivity contribution in [2.24, 2.45) is 0 Å². The van der Waals surface area contributed by atoms with Gasteiger partial charge in [0.25, 0.3) is 0 Å². The fraction of sp³-hybridized carbons (Fsp3) is 0.222. The van der Waals surface area contributed by atoms with E-state index in [2.05, 4.69) is 4.98 Å². The van der Waals surface area contributed by atoms with Gasteiger partial charge in [-0.1, -0.05) is 12.2 Å². The maximum absolute atomic E-state index is 10.1. The van der Waals surface area contributed by atoms with E-state index in [-0.39, 0.29) is 0 Å². The monoisotopic (exact) mass is 192 g/mol. The van der Waals surface area contributed by atoms with Gasteiger partial charge in [0.2, 0.25) is 0 Å². The molecule has 3 nitrogen and oxygen atoms in total. The van der Waals surface area contributed by atoms with Crippen LogP contribution in [0, 0.1) is 15.8 Å². The van der Waals surface area contributed by atoms with Crippen LogP contribution in [0.5, 0.6) is 0 Å². The number of nitriles is 1. The van der Waals surface area contributed by atoms with Crippen LogP contribution >= 0.6 is 12.2 Å². The fourth-order valence-electron chi connectivity index (χ4n) is 1.01. The molecule has 13 heavy (non-hydrogen) atoms. The van der Waals surface area contributed by atoms with Gasteiger partial charge in [-0.25, -0.2) is 0 Å². The highest BCUT2D eigenvalue weighted by molar-refractivity contribution is 7.71. The standard InChI is InChI=1S/C9H8N2OS/c10-6-8-5-9(13)4-7(11-8)2-1-3-12/h3-5H,1-2H2,(H,11,13). The second kappa shape index (κ2) is 4.53. The molecule has 1 aromatic heterocycles. The number of aromatic nitrogens is 1. The molecule has 0 unspecified atom stereocenters. The van der Waals surface area contributed by atoms with Crippen LogP contribution in [0.4, 0.5) is 0 Å². The van der Waals surface area contributed by atoms with Crippen molar-refractivity contribution in [3.05, 3.63) is 28.0 Å². The van der Waals surface area contributed by atoms with Gasteiger partial charge in [0, 0.05) is 16.6 Å². The Morgan fingerprint density at radius 3 is 3.00 bits per heavy atom. The van der Waals surface area contributed by atoms with E-state index in [0.717, 1.165) is 12.0 Å². The summed E-state index contributed by atoms with van der Waals surface area (Å²) >= 11 is 4.94. The van der Waals surface area contributed by atoms with E-state index in [1.165, 1.54) is 0 Å². The molecule has 0 radical (unpaired) electrons. The molecule has 1 aromatic rings. The Hall–Kier alpha value is -1.47. The highest BCUT2D eigenvalue weighted by atomic mass is 32.1. The number of carbonyl (C=O) groups is 1. The lowest BCUT2D eigenvalue weighted by atomic mass is 10.2. The zero-order chi connectivity index (χ0) is 9.68. The average molecular weight is 192 g/mol. The molecule has 0 atom stereocenters. The van der Waals surface area contributed by atoms with E-state index in [4.69, 9.17) is 17.5 Å². The Labute approximate surface area is 81.0 Å². The quantitative estimate of drug-likeness (QED) is 0.586. The van der Waals surface area contributed by atoms with Gasteiger partial charge in [0.15, 0.2) is 0 Å². The summed E-state index contributed by atoms with van der Waals surface area (Å²) in [6, 6.07) is 5.33. The molecule has 0 saturated carbocycles. The fourth-order valence-corrected chi connectivity index (χ4v) is 1.27. The molecule has 1 heterocycles. The third kappa shape index (κ3) is 2.80. The first-order chi connectivity index (χ1) is 6.26. The third-order valence-corrected chi connectivity index (χ3v) is 1.79. The van der Waals surface area contributed by atoms with Crippen LogP contribution in [0.2, 0.25) is 0 Å². The first-order valence-corrected chi connectivity index (χ1v) is 4.24. The van der Waals surface area contributed by atoms with E-state index in [9.17, 15) is 4.79 Å². The van der Waals surface area contributed by atoms with Crippen molar-refractivity contribution in [2.45, 2.75) is 12.8 Å². The normalized spacial score (nSPS) is 9.15. The number of aromatic amines is 1. The molecule has 0 fully saturated rings. The molecule has 0 aliphatic rings. The van der Waals surface area contributed by atoms with Crippen LogP contribution < -0.4 is 0 Å². The van der Waals surface area contributed by atoms with Crippen molar-refractivity contribution in [1.82, 2.24) is 4.98 Å². The van der Waals surface area contributed by atoms with Gasteiger partial charge in [0.05, 0.1) is 0 Å². The summed E-state index contributed by atoms with van der Waals surface area (Å²) in [6.07, 6.45) is 1.89. The van der Waals surface area contributed by atoms with Crippen LogP contribution in [0.1, 0.15) is 17.8 Å². The van der Waals surface area contributed by atoms with Crippen molar-refractivity contribution < 1.29 is 4.79 Å². The molecule has 0 aliphatic carbocycles. The van der Waals surface area contributed by atoms with Gasteiger partial charge in [-0.05, 0) is 18.6 Å². The van der Waals surface area contributed by atoms with Gasteiger partial charge in [-0.15, -0.1) is 0 Å². The van der Waals surface area contributed by atoms with Crippen molar-refractivity contribution in [3.8, 4) is 6.07 Å². The summed E-state index contributed by atoms with van der Waals surface area (Å²) in [5, 5.41) is 8.61. The zero-order valence-corrected chi connectivity index (χ0v) is 7.73. The number of H-pyrrole nitrogens is 1. The van der Waals surface area contributed by atoms with E-state index >= 15 is 0 Å². The summed E-state index contributed by atoms with van der Waals surface area (Å²) in [7, 11) is 0.